The predicted molar refractivity (Wildman–Crippen MR) is 82.1 cm³/mol. The quantitative estimate of drug-likeness (QED) is 0.801. The summed E-state index contributed by atoms with van der Waals surface area (Å²) in [5.74, 6) is 0. The molecule has 0 saturated carbocycles. The third kappa shape index (κ3) is 2.38. The average molecular weight is 293 g/mol. The summed E-state index contributed by atoms with van der Waals surface area (Å²) < 4.78 is 0. The highest BCUT2D eigenvalue weighted by Crippen LogP contribution is 2.35. The molecule has 3 rings (SSSR count). The Morgan fingerprint density at radius 1 is 1.00 bits per heavy atom. The molecule has 1 aliphatic heterocycles. The fourth-order valence-electron chi connectivity index (χ4n) is 2.53. The van der Waals surface area contributed by atoms with Gasteiger partial charge in [0, 0.05) is 13.1 Å². The van der Waals surface area contributed by atoms with Gasteiger partial charge in [0.25, 0.3) is 0 Å². The van der Waals surface area contributed by atoms with Crippen LogP contribution in [-0.4, -0.2) is 6.54 Å². The maximum absolute atomic E-state index is 6.09. The number of nitrogens with two attached hydrogens (primary N) is 1. The number of hydrogen-bond donors (Lipinski definition) is 1. The zero-order valence-corrected chi connectivity index (χ0v) is 11.9. The Morgan fingerprint density at radius 3 is 2.47 bits per heavy atom. The zero-order chi connectivity index (χ0) is 13.4. The maximum Gasteiger partial charge on any atom is 0.0619 e. The zero-order valence-electron chi connectivity index (χ0n) is 10.4. The van der Waals surface area contributed by atoms with Crippen molar-refractivity contribution in [3.63, 3.8) is 0 Å². The van der Waals surface area contributed by atoms with E-state index in [-0.39, 0.29) is 0 Å². The number of nitrogens with zero attached hydrogens (tertiary/aromatic N) is 1. The number of halogens is 2. The van der Waals surface area contributed by atoms with Gasteiger partial charge in [-0.3, -0.25) is 0 Å². The smallest absolute Gasteiger partial charge is 0.0619 e. The molecule has 0 spiro atoms. The Labute approximate surface area is 122 Å². The van der Waals surface area contributed by atoms with Crippen LogP contribution in [0.1, 0.15) is 11.1 Å². The third-order valence-electron chi connectivity index (χ3n) is 3.54. The number of nitrogen functional groups attached to an aromatic ring is 1. The lowest BCUT2D eigenvalue weighted by molar-refractivity contribution is 0.733. The summed E-state index contributed by atoms with van der Waals surface area (Å²) in [4.78, 5) is 2.25. The first kappa shape index (κ1) is 12.6. The average Bonchev–Trinajstić information content (AvgIpc) is 2.42. The highest BCUT2D eigenvalue weighted by atomic mass is 35.5. The van der Waals surface area contributed by atoms with Gasteiger partial charge in [-0.1, -0.05) is 47.5 Å². The van der Waals surface area contributed by atoms with E-state index in [1.54, 1.807) is 6.07 Å². The lowest BCUT2D eigenvalue weighted by Gasteiger charge is -2.31. The van der Waals surface area contributed by atoms with E-state index in [0.717, 1.165) is 25.2 Å². The van der Waals surface area contributed by atoms with Crippen molar-refractivity contribution in [2.75, 3.05) is 17.2 Å². The molecule has 19 heavy (non-hydrogen) atoms. The van der Waals surface area contributed by atoms with E-state index in [1.807, 2.05) is 6.07 Å². The van der Waals surface area contributed by atoms with Crippen molar-refractivity contribution in [1.82, 2.24) is 0 Å². The van der Waals surface area contributed by atoms with Gasteiger partial charge in [-0.05, 0) is 29.7 Å². The van der Waals surface area contributed by atoms with Crippen molar-refractivity contribution in [3.8, 4) is 0 Å². The summed E-state index contributed by atoms with van der Waals surface area (Å²) in [6.07, 6.45) is 1.02. The molecule has 0 unspecified atom stereocenters. The minimum atomic E-state index is 0.500. The minimum Gasteiger partial charge on any atom is -0.397 e. The van der Waals surface area contributed by atoms with Gasteiger partial charge in [-0.15, -0.1) is 0 Å². The molecule has 0 atom stereocenters. The van der Waals surface area contributed by atoms with Crippen LogP contribution in [0.4, 0.5) is 11.4 Å². The highest BCUT2D eigenvalue weighted by molar-refractivity contribution is 6.42. The normalized spacial score (nSPS) is 14.3. The molecule has 0 bridgehead atoms. The molecule has 1 aliphatic rings. The fourth-order valence-corrected chi connectivity index (χ4v) is 2.86. The second-order valence-corrected chi connectivity index (χ2v) is 5.58. The largest absolute Gasteiger partial charge is 0.397 e. The number of benzene rings is 2. The lowest BCUT2D eigenvalue weighted by atomic mass is 9.99. The van der Waals surface area contributed by atoms with Crippen molar-refractivity contribution in [1.29, 1.82) is 0 Å². The van der Waals surface area contributed by atoms with E-state index < -0.39 is 0 Å². The van der Waals surface area contributed by atoms with Crippen molar-refractivity contribution in [3.05, 3.63) is 57.6 Å². The summed E-state index contributed by atoms with van der Waals surface area (Å²) in [6.45, 7) is 1.80. The number of hydrogen-bond acceptors (Lipinski definition) is 2. The van der Waals surface area contributed by atoms with E-state index in [1.165, 1.54) is 11.1 Å². The Kier molecular flexibility index (Phi) is 3.29. The molecule has 2 nitrogen and oxygen atoms in total. The Morgan fingerprint density at radius 2 is 1.68 bits per heavy atom. The van der Waals surface area contributed by atoms with Crippen LogP contribution >= 0.6 is 23.2 Å². The van der Waals surface area contributed by atoms with Crippen LogP contribution in [0, 0.1) is 0 Å². The second kappa shape index (κ2) is 4.95. The van der Waals surface area contributed by atoms with Gasteiger partial charge in [0.1, 0.15) is 0 Å². The fraction of sp³-hybridized carbons (Fsp3) is 0.200. The van der Waals surface area contributed by atoms with Crippen LogP contribution in [0.5, 0.6) is 0 Å². The molecule has 0 aromatic heterocycles. The first-order valence-electron chi connectivity index (χ1n) is 6.21. The summed E-state index contributed by atoms with van der Waals surface area (Å²) in [5, 5.41) is 1.05. The molecule has 0 fully saturated rings. The SMILES string of the molecule is Nc1cc(Cl)c(Cl)cc1N1CCc2ccccc2C1. The van der Waals surface area contributed by atoms with Crippen LogP contribution in [0.15, 0.2) is 36.4 Å². The van der Waals surface area contributed by atoms with Crippen LogP contribution in [0.3, 0.4) is 0 Å². The van der Waals surface area contributed by atoms with Gasteiger partial charge < -0.3 is 10.6 Å². The molecular weight excluding hydrogens is 279 g/mol. The molecule has 0 saturated heterocycles. The van der Waals surface area contributed by atoms with Crippen molar-refractivity contribution >= 4 is 34.6 Å². The van der Waals surface area contributed by atoms with Gasteiger partial charge >= 0.3 is 0 Å². The molecule has 0 amide bonds. The summed E-state index contributed by atoms with van der Waals surface area (Å²) in [6, 6.07) is 12.1. The molecule has 0 radical (unpaired) electrons. The highest BCUT2D eigenvalue weighted by Gasteiger charge is 2.18. The lowest BCUT2D eigenvalue weighted by Crippen LogP contribution is -2.30. The number of fused-ring (bicyclic) bond motifs is 1. The molecule has 2 N–H and O–H groups in total. The number of anilines is 2. The van der Waals surface area contributed by atoms with Crippen molar-refractivity contribution < 1.29 is 0 Å². The topological polar surface area (TPSA) is 29.3 Å². The van der Waals surface area contributed by atoms with E-state index in [2.05, 4.69) is 29.2 Å². The molecule has 2 aromatic carbocycles. The molecule has 98 valence electrons. The molecule has 4 heteroatoms. The van der Waals surface area contributed by atoms with E-state index in [4.69, 9.17) is 28.9 Å². The first-order chi connectivity index (χ1) is 9.15. The van der Waals surface area contributed by atoms with E-state index in [0.29, 0.717) is 15.7 Å². The molecular formula is C15H14Cl2N2. The van der Waals surface area contributed by atoms with Crippen molar-refractivity contribution in [2.24, 2.45) is 0 Å². The van der Waals surface area contributed by atoms with Gasteiger partial charge in [0.05, 0.1) is 21.4 Å². The first-order valence-corrected chi connectivity index (χ1v) is 6.97. The van der Waals surface area contributed by atoms with E-state index in [9.17, 15) is 0 Å². The van der Waals surface area contributed by atoms with Gasteiger partial charge in [-0.2, -0.15) is 0 Å². The molecule has 0 aliphatic carbocycles. The van der Waals surface area contributed by atoms with Crippen molar-refractivity contribution in [2.45, 2.75) is 13.0 Å². The monoisotopic (exact) mass is 292 g/mol. The van der Waals surface area contributed by atoms with Crippen LogP contribution in [0.2, 0.25) is 10.0 Å². The van der Waals surface area contributed by atoms with E-state index >= 15 is 0 Å². The van der Waals surface area contributed by atoms with Gasteiger partial charge in [0.2, 0.25) is 0 Å². The Hall–Kier alpha value is -1.38. The second-order valence-electron chi connectivity index (χ2n) is 4.77. The third-order valence-corrected chi connectivity index (χ3v) is 4.26. The summed E-state index contributed by atoms with van der Waals surface area (Å²) >= 11 is 12.1. The standard InChI is InChI=1S/C15H14Cl2N2/c16-12-7-14(18)15(8-13(12)17)19-6-5-10-3-1-2-4-11(10)9-19/h1-4,7-8H,5-6,9,18H2. The Bertz CT molecular complexity index is 626. The number of rotatable bonds is 1. The summed E-state index contributed by atoms with van der Waals surface area (Å²) in [7, 11) is 0. The molecule has 2 aromatic rings. The van der Waals surface area contributed by atoms with Crippen LogP contribution in [-0.2, 0) is 13.0 Å². The van der Waals surface area contributed by atoms with Crippen LogP contribution < -0.4 is 10.6 Å². The molecule has 1 heterocycles. The van der Waals surface area contributed by atoms with Gasteiger partial charge in [-0.25, -0.2) is 0 Å². The Balaban J connectivity index is 1.95. The predicted octanol–water partition coefficient (Wildman–Crippen LogP) is 4.14. The van der Waals surface area contributed by atoms with Crippen LogP contribution in [0.25, 0.3) is 0 Å². The maximum atomic E-state index is 6.09. The summed E-state index contributed by atoms with van der Waals surface area (Å²) in [5.41, 5.74) is 10.5. The van der Waals surface area contributed by atoms with Gasteiger partial charge in [0.15, 0.2) is 0 Å². The minimum absolute atomic E-state index is 0.500.